The fourth-order valence-electron chi connectivity index (χ4n) is 6.49. The largest absolute Gasteiger partial charge is 0.542 e. The summed E-state index contributed by atoms with van der Waals surface area (Å²) in [6.07, 6.45) is 12.5. The highest BCUT2D eigenvalue weighted by molar-refractivity contribution is 9.12. The van der Waals surface area contributed by atoms with Crippen LogP contribution in [0.1, 0.15) is 108 Å². The lowest BCUT2D eigenvalue weighted by Gasteiger charge is -2.20. The summed E-state index contributed by atoms with van der Waals surface area (Å²) in [4.78, 5) is 79.1. The molecule has 4 rings (SSSR count). The highest BCUT2D eigenvalue weighted by atomic mass is 79.9. The van der Waals surface area contributed by atoms with E-state index in [-0.39, 0.29) is 24.1 Å². The second-order valence-electron chi connectivity index (χ2n) is 16.4. The van der Waals surface area contributed by atoms with E-state index in [0.29, 0.717) is 51.4 Å². The van der Waals surface area contributed by atoms with Crippen molar-refractivity contribution in [1.82, 2.24) is 15.3 Å². The number of carboxylic acids is 1. The normalized spacial score (nSPS) is 25.7. The van der Waals surface area contributed by atoms with Gasteiger partial charge in [0.05, 0.1) is 21.4 Å². The van der Waals surface area contributed by atoms with Crippen molar-refractivity contribution in [2.45, 2.75) is 155 Å². The second kappa shape index (κ2) is 31.5. The number of aryl methyl sites for hydroxylation is 2. The van der Waals surface area contributed by atoms with Crippen LogP contribution in [0.3, 0.4) is 0 Å². The third-order valence-electron chi connectivity index (χ3n) is 9.47. The Morgan fingerprint density at radius 2 is 1.16 bits per heavy atom. The number of nitrogens with two attached hydrogens (primary N) is 1. The number of amides is 1. The molecule has 0 unspecified atom stereocenters. The lowest BCUT2D eigenvalue weighted by Crippen LogP contribution is -2.41. The predicted octanol–water partition coefficient (Wildman–Crippen LogP) is 8.24. The number of alkyl halides is 3. The quantitative estimate of drug-likeness (QED) is 0.218. The van der Waals surface area contributed by atoms with E-state index >= 15 is 0 Å². The monoisotopic (exact) mass is 1150 g/mol. The average Bonchev–Trinajstić information content (AvgIpc) is 3.87. The summed E-state index contributed by atoms with van der Waals surface area (Å²) in [7, 11) is 0. The van der Waals surface area contributed by atoms with Gasteiger partial charge in [0.15, 0.2) is 0 Å². The number of thiazole rings is 2. The van der Waals surface area contributed by atoms with E-state index in [4.69, 9.17) is 34.6 Å². The summed E-state index contributed by atoms with van der Waals surface area (Å²) in [5.41, 5.74) is 9.77. The number of carboxylic acid groups (broad SMARTS) is 1. The zero-order valence-corrected chi connectivity index (χ0v) is 44.8. The molecule has 0 aromatic carbocycles. The number of halogens is 5. The number of carbonyl (C=O) groups is 6. The van der Waals surface area contributed by atoms with Crippen LogP contribution in [0.2, 0.25) is 0 Å². The van der Waals surface area contributed by atoms with Crippen LogP contribution >= 0.6 is 54.5 Å². The van der Waals surface area contributed by atoms with Gasteiger partial charge in [-0.3, -0.25) is 9.59 Å². The van der Waals surface area contributed by atoms with E-state index in [2.05, 4.69) is 47.1 Å². The van der Waals surface area contributed by atoms with Crippen LogP contribution in [0, 0.1) is 0 Å². The smallest absolute Gasteiger partial charge is 0.430 e. The topological polar surface area (TPSA) is 226 Å². The number of nitrogens with one attached hydrogen (secondary N) is 1. The first-order valence-corrected chi connectivity index (χ1v) is 25.5. The summed E-state index contributed by atoms with van der Waals surface area (Å²) >= 11 is 9.86. The minimum atomic E-state index is -5.19. The number of aromatic nitrogens is 2. The highest BCUT2D eigenvalue weighted by Crippen LogP contribution is 2.21. The SMILES string of the molecule is C/C(Br)=C\[C@@H]1Cc2nc(cs2)CCC[C@@H](N)C(=O)O[C@@H](C)C/C(C)=C/C=C\C(=O)O1.CC(=O)N[C@@H]1CCCc2csc(n2)C[C@@H](/C=C(\C)Br)OC(=O)/C=C\C=C(/C)C[C@H](C)OC1=O.O=C([O-])C(F)(F)F. The van der Waals surface area contributed by atoms with Crippen molar-refractivity contribution >= 4 is 90.3 Å². The van der Waals surface area contributed by atoms with Gasteiger partial charge in [0.1, 0.15) is 42.5 Å². The number of allylic oxidation sites excluding steroid dienone is 6. The first-order chi connectivity index (χ1) is 32.8. The lowest BCUT2D eigenvalue weighted by molar-refractivity contribution is -0.344. The van der Waals surface area contributed by atoms with E-state index in [1.165, 1.54) is 41.7 Å². The van der Waals surface area contributed by atoms with Crippen LogP contribution in [0.4, 0.5) is 13.2 Å². The Kier molecular flexibility index (Phi) is 27.6. The van der Waals surface area contributed by atoms with Crippen molar-refractivity contribution in [1.29, 1.82) is 0 Å². The lowest BCUT2D eigenvalue weighted by atomic mass is 10.1. The summed E-state index contributed by atoms with van der Waals surface area (Å²) in [5, 5.41) is 17.2. The Labute approximate surface area is 431 Å². The number of carbonyl (C=O) groups excluding carboxylic acids is 6. The number of hydrogen-bond acceptors (Lipinski definition) is 16. The Bertz CT molecular complexity index is 2260. The molecule has 2 aliphatic heterocycles. The van der Waals surface area contributed by atoms with Gasteiger partial charge in [0, 0.05) is 55.5 Å². The van der Waals surface area contributed by atoms with Crippen LogP contribution in [-0.4, -0.2) is 88.4 Å². The van der Waals surface area contributed by atoms with Crippen LogP contribution in [0.25, 0.3) is 0 Å². The van der Waals surface area contributed by atoms with Gasteiger partial charge in [0.25, 0.3) is 0 Å². The molecule has 22 heteroatoms. The van der Waals surface area contributed by atoms with Crippen molar-refractivity contribution in [2.24, 2.45) is 5.73 Å². The third-order valence-corrected chi connectivity index (χ3v) is 11.8. The van der Waals surface area contributed by atoms with Gasteiger partial charge in [0.2, 0.25) is 5.91 Å². The summed E-state index contributed by atoms with van der Waals surface area (Å²) in [5.74, 6) is -4.97. The molecule has 2 aromatic rings. The van der Waals surface area contributed by atoms with Gasteiger partial charge in [-0.2, -0.15) is 13.2 Å². The molecule has 1 amide bonds. The molecular weight excluding hydrogens is 1090 g/mol. The van der Waals surface area contributed by atoms with Crippen molar-refractivity contribution in [3.63, 3.8) is 0 Å². The molecule has 70 heavy (non-hydrogen) atoms. The molecule has 6 atom stereocenters. The van der Waals surface area contributed by atoms with Gasteiger partial charge in [-0.1, -0.05) is 67.3 Å². The van der Waals surface area contributed by atoms with Gasteiger partial charge in [-0.25, -0.2) is 24.4 Å². The van der Waals surface area contributed by atoms with Crippen molar-refractivity contribution in [3.8, 4) is 0 Å². The van der Waals surface area contributed by atoms with Gasteiger partial charge >= 0.3 is 30.1 Å². The first kappa shape index (κ1) is 61.3. The number of aliphatic carboxylic acids is 1. The number of rotatable bonds is 3. The molecule has 0 aliphatic carbocycles. The Morgan fingerprint density at radius 3 is 1.56 bits per heavy atom. The number of ether oxygens (including phenoxy) is 4. The molecule has 0 fully saturated rings. The van der Waals surface area contributed by atoms with E-state index in [1.807, 2.05) is 63.6 Å². The molecule has 0 saturated carbocycles. The third kappa shape index (κ3) is 27.0. The first-order valence-electron chi connectivity index (χ1n) is 22.1. The fourth-order valence-corrected chi connectivity index (χ4v) is 8.83. The molecule has 4 bridgehead atoms. The van der Waals surface area contributed by atoms with Crippen LogP contribution in [0.5, 0.6) is 0 Å². The Morgan fingerprint density at radius 1 is 0.743 bits per heavy atom. The van der Waals surface area contributed by atoms with E-state index in [1.54, 1.807) is 25.2 Å². The van der Waals surface area contributed by atoms with Crippen LogP contribution in [0.15, 0.2) is 79.5 Å². The maximum atomic E-state index is 12.6. The van der Waals surface area contributed by atoms with Gasteiger partial charge < -0.3 is 39.9 Å². The molecule has 0 spiro atoms. The minimum Gasteiger partial charge on any atom is -0.542 e. The molecule has 0 radical (unpaired) electrons. The number of esters is 4. The van der Waals surface area contributed by atoms with Crippen LogP contribution in [-0.2, 0) is 73.4 Å². The highest BCUT2D eigenvalue weighted by Gasteiger charge is 2.29. The number of nitrogens with zero attached hydrogens (tertiary/aromatic N) is 2. The molecule has 0 saturated heterocycles. The molecule has 15 nitrogen and oxygen atoms in total. The van der Waals surface area contributed by atoms with E-state index in [0.717, 1.165) is 54.4 Å². The zero-order chi connectivity index (χ0) is 52.6. The van der Waals surface area contributed by atoms with Crippen molar-refractivity contribution in [2.75, 3.05) is 0 Å². The summed E-state index contributed by atoms with van der Waals surface area (Å²) < 4.78 is 55.5. The van der Waals surface area contributed by atoms with Crippen molar-refractivity contribution < 1.29 is 66.0 Å². The minimum absolute atomic E-state index is 0.272. The van der Waals surface area contributed by atoms with Gasteiger partial charge in [-0.05, 0) is 101 Å². The maximum Gasteiger partial charge on any atom is 0.430 e. The fraction of sp³-hybridized carbons (Fsp3) is 0.500. The summed E-state index contributed by atoms with van der Waals surface area (Å²) in [6, 6.07) is -1.34. The molecule has 2 aliphatic rings. The van der Waals surface area contributed by atoms with Gasteiger partial charge in [-0.15, -0.1) is 22.7 Å². The Balaban J connectivity index is 0.000000423. The predicted molar refractivity (Wildman–Crippen MR) is 265 cm³/mol. The second-order valence-corrected chi connectivity index (χ2v) is 20.8. The maximum absolute atomic E-state index is 12.6. The molecule has 2 aromatic heterocycles. The Hall–Kier alpha value is -4.77. The number of fused-ring (bicyclic) bond motifs is 4. The molecule has 4 heterocycles. The summed E-state index contributed by atoms with van der Waals surface area (Å²) in [6.45, 7) is 12.6. The zero-order valence-electron chi connectivity index (χ0n) is 40.0. The number of cyclic esters (lactones) is 4. The molecule has 386 valence electrons. The standard InChI is InChI=1S/C24H31BrN2O5S.C22H29BrN2O4S.C2HF3O2/c1-15-7-5-10-23(29)32-20(12-16(2)25)13-22-27-19(14-33-22)8-6-9-21(26-18(4)28)24(30)31-17(3)11-15;1-14-6-4-9-21(26)29-18(11-15(2)23)12-20-25-17(13-30-20)7-5-8-19(24)22(27)28-16(3)10-14;3-2(4,5)1(6)7/h5,7,10,12,14,17,20-21H,6,8-9,11,13H2,1-4H3,(H,26,28);4,6,9,11,13,16,18-19H,5,7-8,10,12,24H2,1-3H3;(H,6,7)/p-1/b10-5-,15-7+,16-12+;9-4-,14-6+,15-11+;/t17-,20+,21+;16-,18+,19+;/m00./s1. The van der Waals surface area contributed by atoms with E-state index in [9.17, 15) is 37.1 Å². The molecular formula is C48H60Br2F3N4O11S2-. The van der Waals surface area contributed by atoms with E-state index < -0.39 is 54.3 Å². The van der Waals surface area contributed by atoms with Crippen LogP contribution < -0.4 is 16.2 Å². The van der Waals surface area contributed by atoms with Crippen molar-refractivity contribution in [3.05, 3.63) is 101 Å². The average molecular weight is 1150 g/mol. The molecule has 3 N–H and O–H groups in total. The number of hydrogen-bond donors (Lipinski definition) is 2.